The summed E-state index contributed by atoms with van der Waals surface area (Å²) in [6, 6.07) is 5.66. The van der Waals surface area contributed by atoms with Crippen molar-refractivity contribution in [1.82, 2.24) is 15.2 Å². The number of aromatic nitrogens is 1. The normalized spacial score (nSPS) is 20.4. The quantitative estimate of drug-likeness (QED) is 0.889. The number of hydrogen-bond donors (Lipinski definition) is 1. The third-order valence-corrected chi connectivity index (χ3v) is 4.76. The molecule has 1 aromatic heterocycles. The Hall–Kier alpha value is -1.84. The summed E-state index contributed by atoms with van der Waals surface area (Å²) in [7, 11) is 0. The lowest BCUT2D eigenvalue weighted by Crippen LogP contribution is -2.49. The fourth-order valence-electron chi connectivity index (χ4n) is 3.29. The molecule has 1 aromatic rings. The largest absolute Gasteiger partial charge is 0.353 e. The van der Waals surface area contributed by atoms with Gasteiger partial charge in [-0.3, -0.25) is 4.79 Å². The minimum Gasteiger partial charge on any atom is -0.353 e. The van der Waals surface area contributed by atoms with Gasteiger partial charge in [0.25, 0.3) is 0 Å². The second kappa shape index (κ2) is 8.86. The zero-order valence-corrected chi connectivity index (χ0v) is 14.6. The molecule has 0 aliphatic carbocycles. The summed E-state index contributed by atoms with van der Waals surface area (Å²) >= 11 is 0. The molecular formula is C17H24ClN5O. The number of amides is 1. The fourth-order valence-corrected chi connectivity index (χ4v) is 3.29. The molecule has 3 heterocycles. The third kappa shape index (κ3) is 4.59. The Balaban J connectivity index is 0.00000208. The molecule has 3 rings (SSSR count). The molecule has 7 heteroatoms. The Morgan fingerprint density at radius 1 is 1.38 bits per heavy atom. The van der Waals surface area contributed by atoms with Crippen molar-refractivity contribution < 1.29 is 4.79 Å². The molecule has 0 saturated carbocycles. The Morgan fingerprint density at radius 3 is 2.83 bits per heavy atom. The summed E-state index contributed by atoms with van der Waals surface area (Å²) < 4.78 is 0. The van der Waals surface area contributed by atoms with Crippen LogP contribution in [0.25, 0.3) is 0 Å². The summed E-state index contributed by atoms with van der Waals surface area (Å²) in [4.78, 5) is 20.8. The van der Waals surface area contributed by atoms with E-state index in [1.807, 2.05) is 11.0 Å². The van der Waals surface area contributed by atoms with Crippen LogP contribution in [0, 0.1) is 17.2 Å². The molecule has 2 saturated heterocycles. The standard InChI is InChI=1S/C17H23N5O.ClH/c18-12-15-4-6-20-16(11-15)21-7-9-22(10-8-21)17(23)2-1-14-3-5-19-13-14;/h4,6,11,14,19H,1-3,5,7-10,13H2;1H. The van der Waals surface area contributed by atoms with Gasteiger partial charge in [-0.2, -0.15) is 5.26 Å². The summed E-state index contributed by atoms with van der Waals surface area (Å²) in [6.45, 7) is 5.17. The van der Waals surface area contributed by atoms with Gasteiger partial charge in [0.2, 0.25) is 5.91 Å². The maximum atomic E-state index is 12.3. The van der Waals surface area contributed by atoms with Gasteiger partial charge in [-0.25, -0.2) is 4.98 Å². The van der Waals surface area contributed by atoms with Gasteiger partial charge >= 0.3 is 0 Å². The number of carbonyl (C=O) groups is 1. The van der Waals surface area contributed by atoms with Crippen LogP contribution in [-0.4, -0.2) is 55.1 Å². The summed E-state index contributed by atoms with van der Waals surface area (Å²) in [5.74, 6) is 1.77. The van der Waals surface area contributed by atoms with Gasteiger partial charge in [0.15, 0.2) is 0 Å². The highest BCUT2D eigenvalue weighted by Crippen LogP contribution is 2.18. The van der Waals surface area contributed by atoms with Crippen molar-refractivity contribution in [3.63, 3.8) is 0 Å². The van der Waals surface area contributed by atoms with Gasteiger partial charge in [0, 0.05) is 38.8 Å². The first kappa shape index (κ1) is 18.5. The van der Waals surface area contributed by atoms with Crippen LogP contribution in [0.4, 0.5) is 5.82 Å². The minimum atomic E-state index is 0. The number of rotatable bonds is 4. The molecule has 6 nitrogen and oxygen atoms in total. The lowest BCUT2D eigenvalue weighted by atomic mass is 10.0. The first-order chi connectivity index (χ1) is 11.3. The highest BCUT2D eigenvalue weighted by Gasteiger charge is 2.23. The zero-order chi connectivity index (χ0) is 16.1. The van der Waals surface area contributed by atoms with Crippen LogP contribution < -0.4 is 10.2 Å². The molecule has 1 amide bonds. The molecule has 1 N–H and O–H groups in total. The number of halogens is 1. The van der Waals surface area contributed by atoms with E-state index >= 15 is 0 Å². The van der Waals surface area contributed by atoms with Crippen molar-refractivity contribution in [3.8, 4) is 6.07 Å². The molecule has 24 heavy (non-hydrogen) atoms. The Morgan fingerprint density at radius 2 is 2.17 bits per heavy atom. The number of nitrogens with one attached hydrogen (secondary N) is 1. The van der Waals surface area contributed by atoms with E-state index in [1.165, 1.54) is 6.42 Å². The Bertz CT molecular complexity index is 589. The average Bonchev–Trinajstić information content (AvgIpc) is 3.13. The summed E-state index contributed by atoms with van der Waals surface area (Å²) in [5, 5.41) is 12.3. The number of nitriles is 1. The highest BCUT2D eigenvalue weighted by molar-refractivity contribution is 5.85. The molecule has 2 aliphatic heterocycles. The predicted octanol–water partition coefficient (Wildman–Crippen LogP) is 1.41. The maximum Gasteiger partial charge on any atom is 0.222 e. The average molecular weight is 350 g/mol. The first-order valence-electron chi connectivity index (χ1n) is 8.36. The van der Waals surface area contributed by atoms with Crippen molar-refractivity contribution in [3.05, 3.63) is 23.9 Å². The number of carbonyl (C=O) groups excluding carboxylic acids is 1. The number of piperazine rings is 1. The van der Waals surface area contributed by atoms with Crippen LogP contribution in [0.1, 0.15) is 24.8 Å². The zero-order valence-electron chi connectivity index (χ0n) is 13.8. The van der Waals surface area contributed by atoms with E-state index < -0.39 is 0 Å². The van der Waals surface area contributed by atoms with E-state index in [4.69, 9.17) is 5.26 Å². The van der Waals surface area contributed by atoms with Crippen molar-refractivity contribution in [1.29, 1.82) is 5.26 Å². The molecule has 0 bridgehead atoms. The molecular weight excluding hydrogens is 326 g/mol. The number of pyridine rings is 1. The van der Waals surface area contributed by atoms with Crippen LogP contribution in [0.3, 0.4) is 0 Å². The maximum absolute atomic E-state index is 12.3. The molecule has 0 spiro atoms. The lowest BCUT2D eigenvalue weighted by Gasteiger charge is -2.35. The predicted molar refractivity (Wildman–Crippen MR) is 95.2 cm³/mol. The second-order valence-electron chi connectivity index (χ2n) is 6.28. The Labute approximate surface area is 149 Å². The van der Waals surface area contributed by atoms with Crippen molar-refractivity contribution >= 4 is 24.1 Å². The van der Waals surface area contributed by atoms with Gasteiger partial charge in [0.1, 0.15) is 5.82 Å². The number of hydrogen-bond acceptors (Lipinski definition) is 5. The van der Waals surface area contributed by atoms with Crippen LogP contribution in [0.5, 0.6) is 0 Å². The van der Waals surface area contributed by atoms with Crippen LogP contribution in [0.2, 0.25) is 0 Å². The fraction of sp³-hybridized carbons (Fsp3) is 0.588. The second-order valence-corrected chi connectivity index (χ2v) is 6.28. The van der Waals surface area contributed by atoms with E-state index in [0.29, 0.717) is 17.9 Å². The smallest absolute Gasteiger partial charge is 0.222 e. The van der Waals surface area contributed by atoms with Crippen LogP contribution >= 0.6 is 12.4 Å². The first-order valence-corrected chi connectivity index (χ1v) is 8.36. The Kier molecular flexibility index (Phi) is 6.83. The molecule has 2 fully saturated rings. The van der Waals surface area contributed by atoms with E-state index in [9.17, 15) is 4.79 Å². The van der Waals surface area contributed by atoms with Gasteiger partial charge < -0.3 is 15.1 Å². The van der Waals surface area contributed by atoms with Crippen molar-refractivity contribution in [2.45, 2.75) is 19.3 Å². The number of anilines is 1. The van der Waals surface area contributed by atoms with Gasteiger partial charge in [-0.1, -0.05) is 0 Å². The SMILES string of the molecule is Cl.N#Cc1ccnc(N2CCN(C(=O)CCC3CCNC3)CC2)c1. The van der Waals surface area contributed by atoms with Gasteiger partial charge in [0.05, 0.1) is 11.6 Å². The molecule has 1 unspecified atom stereocenters. The van der Waals surface area contributed by atoms with Crippen LogP contribution in [0.15, 0.2) is 18.3 Å². The molecule has 2 aliphatic rings. The van der Waals surface area contributed by atoms with Crippen molar-refractivity contribution in [2.75, 3.05) is 44.2 Å². The minimum absolute atomic E-state index is 0. The van der Waals surface area contributed by atoms with E-state index in [-0.39, 0.29) is 18.3 Å². The number of nitrogens with zero attached hydrogens (tertiary/aromatic N) is 4. The molecule has 1 atom stereocenters. The summed E-state index contributed by atoms with van der Waals surface area (Å²) in [5.41, 5.74) is 0.624. The van der Waals surface area contributed by atoms with E-state index in [2.05, 4.69) is 21.3 Å². The van der Waals surface area contributed by atoms with Crippen molar-refractivity contribution in [2.24, 2.45) is 5.92 Å². The molecule has 0 radical (unpaired) electrons. The van der Waals surface area contributed by atoms with E-state index in [0.717, 1.165) is 51.5 Å². The topological polar surface area (TPSA) is 72.3 Å². The van der Waals surface area contributed by atoms with E-state index in [1.54, 1.807) is 12.3 Å². The third-order valence-electron chi connectivity index (χ3n) is 4.76. The van der Waals surface area contributed by atoms with Gasteiger partial charge in [-0.15, -0.1) is 12.4 Å². The van der Waals surface area contributed by atoms with Gasteiger partial charge in [-0.05, 0) is 44.0 Å². The monoisotopic (exact) mass is 349 g/mol. The summed E-state index contributed by atoms with van der Waals surface area (Å²) in [6.07, 6.45) is 4.52. The van der Waals surface area contributed by atoms with Crippen LogP contribution in [-0.2, 0) is 4.79 Å². The lowest BCUT2D eigenvalue weighted by molar-refractivity contribution is -0.131. The highest BCUT2D eigenvalue weighted by atomic mass is 35.5. The molecule has 130 valence electrons. The molecule has 0 aromatic carbocycles.